The number of amides is 1. The summed E-state index contributed by atoms with van der Waals surface area (Å²) in [5, 5.41) is 11.0. The normalized spacial score (nSPS) is 24.0. The maximum atomic E-state index is 14.6. The molecule has 0 unspecified atom stereocenters. The summed E-state index contributed by atoms with van der Waals surface area (Å²) in [4.78, 5) is 22.2. The summed E-state index contributed by atoms with van der Waals surface area (Å²) in [5.74, 6) is -2.20. The number of rotatable bonds is 3. The van der Waals surface area contributed by atoms with Crippen molar-refractivity contribution in [1.29, 1.82) is 0 Å². The lowest BCUT2D eigenvalue weighted by Crippen LogP contribution is -2.41. The van der Waals surface area contributed by atoms with Crippen LogP contribution in [0.15, 0.2) is 24.3 Å². The zero-order valence-electron chi connectivity index (χ0n) is 8.81. The molecule has 0 spiro atoms. The molecule has 0 radical (unpaired) electrons. The Bertz CT molecular complexity index is 491. The zero-order valence-corrected chi connectivity index (χ0v) is 8.81. The average Bonchev–Trinajstić information content (AvgIpc) is 2.52. The standard InChI is InChI=1S/C11H11FN2O3/c12-11(5-7(13)9(15)16)6-3-1-2-4-8(6)14-10(11)17/h1-4,7H,5,13H2,(H,14,17)(H,15,16)/t7-,11+/m0/s1. The molecule has 2 rings (SSSR count). The van der Waals surface area contributed by atoms with Crippen LogP contribution in [0.2, 0.25) is 0 Å². The molecule has 0 fully saturated rings. The quantitative estimate of drug-likeness (QED) is 0.719. The molecule has 1 aliphatic rings. The van der Waals surface area contributed by atoms with Gasteiger partial charge in [0, 0.05) is 17.7 Å². The third-order valence-electron chi connectivity index (χ3n) is 2.78. The Labute approximate surface area is 96.4 Å². The van der Waals surface area contributed by atoms with Gasteiger partial charge in [-0.1, -0.05) is 18.2 Å². The van der Waals surface area contributed by atoms with E-state index < -0.39 is 30.0 Å². The summed E-state index contributed by atoms with van der Waals surface area (Å²) in [6, 6.07) is 4.82. The Kier molecular flexibility index (Phi) is 2.59. The number of carbonyl (C=O) groups excluding carboxylic acids is 1. The molecule has 0 saturated heterocycles. The van der Waals surface area contributed by atoms with Gasteiger partial charge in [0.2, 0.25) is 5.67 Å². The largest absolute Gasteiger partial charge is 0.480 e. The number of carboxylic acid groups (broad SMARTS) is 1. The monoisotopic (exact) mass is 238 g/mol. The first-order valence-corrected chi connectivity index (χ1v) is 5.03. The molecule has 4 N–H and O–H groups in total. The summed E-state index contributed by atoms with van der Waals surface area (Å²) in [6.07, 6.45) is -0.578. The SMILES string of the molecule is N[C@@H](C[C@]1(F)C(=O)Nc2ccccc21)C(=O)O. The van der Waals surface area contributed by atoms with E-state index >= 15 is 0 Å². The Balaban J connectivity index is 2.37. The number of alkyl halides is 1. The minimum Gasteiger partial charge on any atom is -0.480 e. The van der Waals surface area contributed by atoms with Crippen molar-refractivity contribution in [2.45, 2.75) is 18.1 Å². The van der Waals surface area contributed by atoms with Gasteiger partial charge in [-0.3, -0.25) is 9.59 Å². The lowest BCUT2D eigenvalue weighted by atomic mass is 9.90. The lowest BCUT2D eigenvalue weighted by molar-refractivity contribution is -0.140. The van der Waals surface area contributed by atoms with Crippen LogP contribution in [0.1, 0.15) is 12.0 Å². The second-order valence-electron chi connectivity index (χ2n) is 3.95. The van der Waals surface area contributed by atoms with E-state index in [-0.39, 0.29) is 5.56 Å². The van der Waals surface area contributed by atoms with Crippen LogP contribution < -0.4 is 11.1 Å². The first-order valence-electron chi connectivity index (χ1n) is 5.03. The van der Waals surface area contributed by atoms with Crippen molar-refractivity contribution >= 4 is 17.6 Å². The molecule has 1 heterocycles. The highest BCUT2D eigenvalue weighted by atomic mass is 19.1. The van der Waals surface area contributed by atoms with Gasteiger partial charge in [0.25, 0.3) is 5.91 Å². The van der Waals surface area contributed by atoms with E-state index in [4.69, 9.17) is 10.8 Å². The van der Waals surface area contributed by atoms with Crippen molar-refractivity contribution in [3.05, 3.63) is 29.8 Å². The summed E-state index contributed by atoms with van der Waals surface area (Å²) < 4.78 is 14.6. The van der Waals surface area contributed by atoms with Crippen LogP contribution in [0.5, 0.6) is 0 Å². The van der Waals surface area contributed by atoms with Gasteiger partial charge < -0.3 is 16.2 Å². The van der Waals surface area contributed by atoms with E-state index in [1.807, 2.05) is 0 Å². The molecule has 5 nitrogen and oxygen atoms in total. The van der Waals surface area contributed by atoms with Gasteiger partial charge in [0.1, 0.15) is 6.04 Å². The molecular weight excluding hydrogens is 227 g/mol. The van der Waals surface area contributed by atoms with Crippen molar-refractivity contribution in [3.63, 3.8) is 0 Å². The van der Waals surface area contributed by atoms with Crippen LogP contribution in [0, 0.1) is 0 Å². The topological polar surface area (TPSA) is 92.4 Å². The minimum absolute atomic E-state index is 0.140. The van der Waals surface area contributed by atoms with Gasteiger partial charge in [-0.05, 0) is 6.07 Å². The molecule has 1 amide bonds. The second-order valence-corrected chi connectivity index (χ2v) is 3.95. The number of para-hydroxylation sites is 1. The van der Waals surface area contributed by atoms with E-state index in [0.717, 1.165) is 0 Å². The van der Waals surface area contributed by atoms with Gasteiger partial charge in [0.05, 0.1) is 0 Å². The molecule has 1 aromatic carbocycles. The van der Waals surface area contributed by atoms with Gasteiger partial charge >= 0.3 is 5.97 Å². The Morgan fingerprint density at radius 2 is 2.18 bits per heavy atom. The summed E-state index contributed by atoms with van der Waals surface area (Å²) in [7, 11) is 0. The fourth-order valence-corrected chi connectivity index (χ4v) is 1.87. The smallest absolute Gasteiger partial charge is 0.320 e. The van der Waals surface area contributed by atoms with E-state index in [9.17, 15) is 14.0 Å². The van der Waals surface area contributed by atoms with Crippen LogP contribution in [0.3, 0.4) is 0 Å². The number of fused-ring (bicyclic) bond motifs is 1. The van der Waals surface area contributed by atoms with Crippen molar-refractivity contribution in [2.75, 3.05) is 5.32 Å². The maximum Gasteiger partial charge on any atom is 0.320 e. The summed E-state index contributed by atoms with van der Waals surface area (Å²) >= 11 is 0. The third-order valence-corrected chi connectivity index (χ3v) is 2.78. The fourth-order valence-electron chi connectivity index (χ4n) is 1.87. The highest BCUT2D eigenvalue weighted by Crippen LogP contribution is 2.41. The number of carbonyl (C=O) groups is 2. The minimum atomic E-state index is -2.37. The van der Waals surface area contributed by atoms with Gasteiger partial charge in [-0.25, -0.2) is 4.39 Å². The second kappa shape index (κ2) is 3.81. The van der Waals surface area contributed by atoms with Crippen molar-refractivity contribution in [1.82, 2.24) is 0 Å². The number of hydrogen-bond donors (Lipinski definition) is 3. The molecule has 2 atom stereocenters. The highest BCUT2D eigenvalue weighted by molar-refractivity contribution is 6.05. The van der Waals surface area contributed by atoms with E-state index in [2.05, 4.69) is 5.32 Å². The Hall–Kier alpha value is -1.95. The lowest BCUT2D eigenvalue weighted by Gasteiger charge is -2.19. The van der Waals surface area contributed by atoms with Crippen LogP contribution in [-0.2, 0) is 15.3 Å². The Morgan fingerprint density at radius 1 is 1.53 bits per heavy atom. The fraction of sp³-hybridized carbons (Fsp3) is 0.273. The summed E-state index contributed by atoms with van der Waals surface area (Å²) in [6.45, 7) is 0. The van der Waals surface area contributed by atoms with E-state index in [1.54, 1.807) is 18.2 Å². The van der Waals surface area contributed by atoms with E-state index in [1.165, 1.54) is 6.07 Å². The molecule has 0 aliphatic carbocycles. The number of nitrogens with one attached hydrogen (secondary N) is 1. The third kappa shape index (κ3) is 1.76. The molecule has 0 bridgehead atoms. The number of hydrogen-bond acceptors (Lipinski definition) is 3. The van der Waals surface area contributed by atoms with E-state index in [0.29, 0.717) is 5.69 Å². The zero-order chi connectivity index (χ0) is 12.6. The molecule has 1 aliphatic heterocycles. The number of aliphatic carboxylic acids is 1. The van der Waals surface area contributed by atoms with Crippen LogP contribution in [0.4, 0.5) is 10.1 Å². The first kappa shape index (κ1) is 11.5. The van der Waals surface area contributed by atoms with Crippen molar-refractivity contribution < 1.29 is 19.1 Å². The number of carboxylic acids is 1. The maximum absolute atomic E-state index is 14.6. The van der Waals surface area contributed by atoms with Gasteiger partial charge in [0.15, 0.2) is 0 Å². The molecule has 17 heavy (non-hydrogen) atoms. The van der Waals surface area contributed by atoms with Crippen LogP contribution in [0.25, 0.3) is 0 Å². The number of anilines is 1. The Morgan fingerprint density at radius 3 is 2.82 bits per heavy atom. The van der Waals surface area contributed by atoms with Gasteiger partial charge in [-0.15, -0.1) is 0 Å². The molecule has 0 aromatic heterocycles. The van der Waals surface area contributed by atoms with Crippen molar-refractivity contribution in [2.24, 2.45) is 5.73 Å². The molecule has 0 saturated carbocycles. The number of benzene rings is 1. The molecule has 1 aromatic rings. The predicted octanol–water partition coefficient (Wildman–Crippen LogP) is 0.605. The predicted molar refractivity (Wildman–Crippen MR) is 58.1 cm³/mol. The van der Waals surface area contributed by atoms with Crippen LogP contribution in [-0.4, -0.2) is 23.0 Å². The first-order chi connectivity index (χ1) is 7.95. The average molecular weight is 238 g/mol. The highest BCUT2D eigenvalue weighted by Gasteiger charge is 2.49. The summed E-state index contributed by atoms with van der Waals surface area (Å²) in [5.41, 5.74) is 3.41. The molecule has 6 heteroatoms. The van der Waals surface area contributed by atoms with Gasteiger partial charge in [-0.2, -0.15) is 0 Å². The molecule has 90 valence electrons. The number of nitrogens with two attached hydrogens (primary N) is 1. The van der Waals surface area contributed by atoms with Crippen LogP contribution >= 0.6 is 0 Å². The van der Waals surface area contributed by atoms with Crippen molar-refractivity contribution in [3.8, 4) is 0 Å². The molecular formula is C11H11FN2O3. The number of halogens is 1.